The van der Waals surface area contributed by atoms with E-state index in [1.54, 1.807) is 0 Å². The molecule has 9 heteroatoms. The number of nitrogens with one attached hydrogen (secondary N) is 1. The number of benzene rings is 1. The Hall–Kier alpha value is -3.02. The fourth-order valence-corrected chi connectivity index (χ4v) is 2.84. The first kappa shape index (κ1) is 28.0. The highest BCUT2D eigenvalue weighted by atomic mass is 15.4. The zero-order chi connectivity index (χ0) is 23.2. The lowest BCUT2D eigenvalue weighted by molar-refractivity contribution is 0.159. The van der Waals surface area contributed by atoms with Gasteiger partial charge >= 0.3 is 0 Å². The first-order chi connectivity index (χ1) is 15.2. The molecule has 0 aromatic heterocycles. The van der Waals surface area contributed by atoms with Crippen LogP contribution in [0.5, 0.6) is 0 Å². The van der Waals surface area contributed by atoms with E-state index in [-0.39, 0.29) is 6.17 Å². The average molecular weight is 424 g/mol. The number of nitrogens with two attached hydrogens (primary N) is 2. The molecule has 2 rings (SSSR count). The van der Waals surface area contributed by atoms with E-state index in [0.717, 1.165) is 38.0 Å². The van der Waals surface area contributed by atoms with E-state index in [1.807, 2.05) is 24.3 Å². The molecule has 1 aliphatic heterocycles. The van der Waals surface area contributed by atoms with E-state index in [1.165, 1.54) is 0 Å². The number of hydrogen-bond donors (Lipinski definition) is 3. The van der Waals surface area contributed by atoms with Gasteiger partial charge in [0.05, 0.1) is 12.6 Å². The molecule has 1 fully saturated rings. The van der Waals surface area contributed by atoms with Crippen LogP contribution in [0.15, 0.2) is 30.3 Å². The van der Waals surface area contributed by atoms with E-state index >= 15 is 0 Å². The molecule has 0 saturated carbocycles. The molecule has 1 aromatic rings. The van der Waals surface area contributed by atoms with Crippen molar-refractivity contribution in [3.63, 3.8) is 0 Å². The van der Waals surface area contributed by atoms with Gasteiger partial charge in [-0.05, 0) is 18.5 Å². The topological polar surface area (TPSA) is 107 Å². The van der Waals surface area contributed by atoms with E-state index in [0.29, 0.717) is 39.5 Å². The van der Waals surface area contributed by atoms with Crippen LogP contribution in [0.2, 0.25) is 0 Å². The molecule has 0 aliphatic carbocycles. The monoisotopic (exact) mass is 423 g/mol. The molecule has 0 unspecified atom stereocenters. The summed E-state index contributed by atoms with van der Waals surface area (Å²) in [6, 6.07) is 12.1. The Morgan fingerprint density at radius 1 is 0.968 bits per heavy atom. The lowest BCUT2D eigenvalue weighted by Crippen LogP contribution is -2.30. The zero-order valence-electron chi connectivity index (χ0n) is 18.1. The maximum atomic E-state index is 8.11. The minimum Gasteiger partial charge on any atom is -0.329 e. The summed E-state index contributed by atoms with van der Waals surface area (Å²) in [4.78, 5) is 14.4. The molecule has 5 N–H and O–H groups in total. The number of nitriles is 1. The Kier molecular flexibility index (Phi) is 18.3. The third-order valence-electron chi connectivity index (χ3n) is 4.21. The van der Waals surface area contributed by atoms with Gasteiger partial charge in [-0.3, -0.25) is 9.69 Å². The van der Waals surface area contributed by atoms with E-state index in [9.17, 15) is 0 Å². The van der Waals surface area contributed by atoms with Gasteiger partial charge < -0.3 is 21.6 Å². The van der Waals surface area contributed by atoms with Gasteiger partial charge in [0.2, 0.25) is 6.54 Å². The second-order valence-electron chi connectivity index (χ2n) is 6.51. The highest BCUT2D eigenvalue weighted by Gasteiger charge is 2.35. The molecule has 31 heavy (non-hydrogen) atoms. The molecule has 1 heterocycles. The zero-order valence-corrected chi connectivity index (χ0v) is 18.1. The van der Waals surface area contributed by atoms with E-state index < -0.39 is 0 Å². The SMILES string of the molecule is NCCN.[C-]#[N+]CCCCNCC#N.[C-]#[N+]CN1CCN(C[N+]#[C-])C1c1ccccc1. The summed E-state index contributed by atoms with van der Waals surface area (Å²) in [7, 11) is 0. The minimum absolute atomic E-state index is 0.0828. The summed E-state index contributed by atoms with van der Waals surface area (Å²) in [6.07, 6.45) is 2.01. The van der Waals surface area contributed by atoms with Gasteiger partial charge in [-0.15, -0.1) is 0 Å². The van der Waals surface area contributed by atoms with Crippen LogP contribution in [-0.4, -0.2) is 69.0 Å². The summed E-state index contributed by atoms with van der Waals surface area (Å²) in [5.74, 6) is 0. The van der Waals surface area contributed by atoms with Crippen molar-refractivity contribution in [3.8, 4) is 6.07 Å². The van der Waals surface area contributed by atoms with Gasteiger partial charge in [-0.1, -0.05) is 30.3 Å². The van der Waals surface area contributed by atoms with Crippen molar-refractivity contribution in [1.82, 2.24) is 15.1 Å². The Morgan fingerprint density at radius 2 is 1.55 bits per heavy atom. The average Bonchev–Trinajstić information content (AvgIpc) is 3.20. The van der Waals surface area contributed by atoms with Crippen LogP contribution in [-0.2, 0) is 0 Å². The minimum atomic E-state index is 0.0828. The van der Waals surface area contributed by atoms with E-state index in [2.05, 4.69) is 41.8 Å². The van der Waals surface area contributed by atoms with Gasteiger partial charge in [0.1, 0.15) is 6.17 Å². The molecular formula is C22H33N9. The number of hydrogen-bond acceptors (Lipinski definition) is 6. The maximum absolute atomic E-state index is 8.11. The Bertz CT molecular complexity index is 681. The predicted octanol–water partition coefficient (Wildman–Crippen LogP) is 1.76. The second kappa shape index (κ2) is 20.3. The van der Waals surface area contributed by atoms with E-state index in [4.69, 9.17) is 36.4 Å². The number of rotatable bonds is 9. The van der Waals surface area contributed by atoms with Gasteiger partial charge in [0, 0.05) is 32.6 Å². The number of unbranched alkanes of at least 4 members (excludes halogenated alkanes) is 1. The van der Waals surface area contributed by atoms with Crippen LogP contribution < -0.4 is 16.8 Å². The van der Waals surface area contributed by atoms with Crippen LogP contribution >= 0.6 is 0 Å². The molecule has 1 saturated heterocycles. The summed E-state index contributed by atoms with van der Waals surface area (Å²) in [6.45, 7) is 26.0. The molecule has 166 valence electrons. The fourth-order valence-electron chi connectivity index (χ4n) is 2.84. The van der Waals surface area contributed by atoms with Crippen molar-refractivity contribution in [2.45, 2.75) is 19.0 Å². The predicted molar refractivity (Wildman–Crippen MR) is 123 cm³/mol. The first-order valence-electron chi connectivity index (χ1n) is 10.2. The van der Waals surface area contributed by atoms with Gasteiger partial charge in [0.15, 0.2) is 0 Å². The number of nitrogens with zero attached hydrogens (tertiary/aromatic N) is 6. The Balaban J connectivity index is 0.000000548. The smallest absolute Gasteiger partial charge is 0.272 e. The third-order valence-corrected chi connectivity index (χ3v) is 4.21. The van der Waals surface area contributed by atoms with Gasteiger partial charge in [-0.2, -0.15) is 5.26 Å². The molecule has 0 radical (unpaired) electrons. The second-order valence-corrected chi connectivity index (χ2v) is 6.51. The molecule has 0 atom stereocenters. The van der Waals surface area contributed by atoms with Crippen molar-refractivity contribution in [2.24, 2.45) is 11.5 Å². The first-order valence-corrected chi connectivity index (χ1v) is 10.2. The van der Waals surface area contributed by atoms with Crippen LogP contribution in [0.4, 0.5) is 0 Å². The highest BCUT2D eigenvalue weighted by molar-refractivity contribution is 5.20. The normalized spacial score (nSPS) is 13.4. The van der Waals surface area contributed by atoms with Crippen LogP contribution in [0.1, 0.15) is 24.6 Å². The van der Waals surface area contributed by atoms with Crippen LogP contribution in [0.3, 0.4) is 0 Å². The lowest BCUT2D eigenvalue weighted by atomic mass is 10.1. The van der Waals surface area contributed by atoms with Crippen molar-refractivity contribution < 1.29 is 0 Å². The lowest BCUT2D eigenvalue weighted by Gasteiger charge is -2.24. The largest absolute Gasteiger partial charge is 0.329 e. The molecule has 1 aliphatic rings. The van der Waals surface area contributed by atoms with Crippen molar-refractivity contribution >= 4 is 0 Å². The Labute approximate surface area is 186 Å². The fraction of sp³-hybridized carbons (Fsp3) is 0.545. The quantitative estimate of drug-likeness (QED) is 0.317. The summed E-state index contributed by atoms with van der Waals surface area (Å²) >= 11 is 0. The summed E-state index contributed by atoms with van der Waals surface area (Å²) in [5.41, 5.74) is 11.0. The van der Waals surface area contributed by atoms with Crippen molar-refractivity contribution in [2.75, 3.05) is 59.2 Å². The molecule has 1 aromatic carbocycles. The molecular weight excluding hydrogens is 390 g/mol. The van der Waals surface area contributed by atoms with Crippen molar-refractivity contribution in [1.29, 1.82) is 5.26 Å². The third kappa shape index (κ3) is 13.0. The summed E-state index contributed by atoms with van der Waals surface area (Å²) < 4.78 is 0. The molecule has 0 spiro atoms. The molecule has 0 amide bonds. The maximum Gasteiger partial charge on any atom is 0.272 e. The standard InChI is InChI=1S/C13H14N4.C7H11N3.C2H8N2/c1-14-10-16-8-9-17(11-15-2)13(16)12-6-4-3-5-7-12;1-9-5-2-3-6-10-7-4-8;3-1-2-4/h3-7,13H,8-11H2;10H,2-3,5-7H2;1-4H2. The van der Waals surface area contributed by atoms with Crippen molar-refractivity contribution in [3.05, 3.63) is 70.1 Å². The van der Waals surface area contributed by atoms with Gasteiger partial charge in [-0.25, -0.2) is 29.5 Å². The summed E-state index contributed by atoms with van der Waals surface area (Å²) in [5, 5.41) is 11.0. The Morgan fingerprint density at radius 3 is 2.00 bits per heavy atom. The van der Waals surface area contributed by atoms with Crippen LogP contribution in [0.25, 0.3) is 14.5 Å². The van der Waals surface area contributed by atoms with Crippen LogP contribution in [0, 0.1) is 31.0 Å². The molecule has 0 bridgehead atoms. The molecule has 9 nitrogen and oxygen atoms in total. The van der Waals surface area contributed by atoms with Gasteiger partial charge in [0.25, 0.3) is 13.3 Å². The highest BCUT2D eigenvalue weighted by Crippen LogP contribution is 2.29.